The fourth-order valence-corrected chi connectivity index (χ4v) is 2.37. The lowest BCUT2D eigenvalue weighted by atomic mass is 10.1. The Morgan fingerprint density at radius 2 is 2.00 bits per heavy atom. The zero-order valence-corrected chi connectivity index (χ0v) is 11.3. The smallest absolute Gasteiger partial charge is 0.138 e. The first-order chi connectivity index (χ1) is 9.28. The van der Waals surface area contributed by atoms with E-state index in [2.05, 4.69) is 4.98 Å². The molecule has 0 spiro atoms. The van der Waals surface area contributed by atoms with Crippen LogP contribution in [0.2, 0.25) is 5.15 Å². The molecule has 0 atom stereocenters. The lowest BCUT2D eigenvalue weighted by molar-refractivity contribution is 0.410. The molecule has 0 unspecified atom stereocenters. The van der Waals surface area contributed by atoms with Gasteiger partial charge in [-0.1, -0.05) is 35.9 Å². The van der Waals surface area contributed by atoms with Crippen LogP contribution in [0.25, 0.3) is 5.65 Å². The van der Waals surface area contributed by atoms with Crippen LogP contribution in [0.4, 0.5) is 0 Å². The average molecular weight is 273 g/mol. The van der Waals surface area contributed by atoms with Gasteiger partial charge in [0.2, 0.25) is 0 Å². The molecule has 0 radical (unpaired) electrons. The lowest BCUT2D eigenvalue weighted by Gasteiger charge is -2.05. The largest absolute Gasteiger partial charge is 0.496 e. The number of hydrogen-bond acceptors (Lipinski definition) is 2. The van der Waals surface area contributed by atoms with Crippen LogP contribution in [0.15, 0.2) is 48.7 Å². The fraction of sp³-hybridized carbons (Fsp3) is 0.133. The number of fused-ring (bicyclic) bond motifs is 1. The van der Waals surface area contributed by atoms with E-state index >= 15 is 0 Å². The highest BCUT2D eigenvalue weighted by Crippen LogP contribution is 2.21. The quantitative estimate of drug-likeness (QED) is 0.681. The molecule has 3 aromatic rings. The van der Waals surface area contributed by atoms with Gasteiger partial charge >= 0.3 is 0 Å². The van der Waals surface area contributed by atoms with Crippen molar-refractivity contribution in [2.45, 2.75) is 6.42 Å². The topological polar surface area (TPSA) is 26.5 Å². The van der Waals surface area contributed by atoms with E-state index in [4.69, 9.17) is 16.3 Å². The van der Waals surface area contributed by atoms with Crippen molar-refractivity contribution in [3.8, 4) is 5.75 Å². The summed E-state index contributed by atoms with van der Waals surface area (Å²) in [5.74, 6) is 0.880. The standard InChI is InChI=1S/C15H13ClN2O/c1-19-13-6-3-2-5-11(13)9-12-10-18-14(16)7-4-8-15(18)17-12/h2-8,10H,9H2,1H3. The van der Waals surface area contributed by atoms with Crippen LogP contribution < -0.4 is 4.74 Å². The van der Waals surface area contributed by atoms with Crippen LogP contribution >= 0.6 is 11.6 Å². The molecule has 4 heteroatoms. The van der Waals surface area contributed by atoms with Gasteiger partial charge < -0.3 is 4.74 Å². The van der Waals surface area contributed by atoms with E-state index in [1.165, 1.54) is 0 Å². The van der Waals surface area contributed by atoms with Gasteiger partial charge in [0.15, 0.2) is 0 Å². The van der Waals surface area contributed by atoms with Crippen LogP contribution in [0.1, 0.15) is 11.3 Å². The maximum absolute atomic E-state index is 6.13. The maximum Gasteiger partial charge on any atom is 0.138 e. The number of methoxy groups -OCH3 is 1. The normalized spacial score (nSPS) is 10.8. The molecule has 2 aromatic heterocycles. The molecule has 19 heavy (non-hydrogen) atoms. The van der Waals surface area contributed by atoms with Gasteiger partial charge in [0.1, 0.15) is 16.5 Å². The Kier molecular flexibility index (Phi) is 3.13. The third-order valence-corrected chi connectivity index (χ3v) is 3.36. The number of hydrogen-bond donors (Lipinski definition) is 0. The summed E-state index contributed by atoms with van der Waals surface area (Å²) in [6.45, 7) is 0. The van der Waals surface area contributed by atoms with Crippen LogP contribution in [0.3, 0.4) is 0 Å². The number of halogens is 1. The predicted octanol–water partition coefficient (Wildman–Crippen LogP) is 3.59. The molecule has 0 saturated heterocycles. The Morgan fingerprint density at radius 1 is 1.16 bits per heavy atom. The third-order valence-electron chi connectivity index (χ3n) is 3.06. The summed E-state index contributed by atoms with van der Waals surface area (Å²) in [4.78, 5) is 4.57. The van der Waals surface area contributed by atoms with Crippen molar-refractivity contribution in [3.63, 3.8) is 0 Å². The second kappa shape index (κ2) is 4.94. The molecule has 0 saturated carbocycles. The van der Waals surface area contributed by atoms with E-state index in [9.17, 15) is 0 Å². The molecule has 1 aromatic carbocycles. The maximum atomic E-state index is 6.13. The average Bonchev–Trinajstić information content (AvgIpc) is 2.83. The van der Waals surface area contributed by atoms with Gasteiger partial charge in [-0.15, -0.1) is 0 Å². The van der Waals surface area contributed by atoms with Gasteiger partial charge in [-0.2, -0.15) is 0 Å². The van der Waals surface area contributed by atoms with Crippen LogP contribution in [0, 0.1) is 0 Å². The molecule has 0 aliphatic carbocycles. The SMILES string of the molecule is COc1ccccc1Cc1cn2c(Cl)cccc2n1. The summed E-state index contributed by atoms with van der Waals surface area (Å²) >= 11 is 6.13. The van der Waals surface area contributed by atoms with Crippen molar-refractivity contribution in [1.29, 1.82) is 0 Å². The second-order valence-electron chi connectivity index (χ2n) is 4.30. The van der Waals surface area contributed by atoms with E-state index in [0.29, 0.717) is 5.15 Å². The molecule has 3 rings (SSSR count). The van der Waals surface area contributed by atoms with Gasteiger partial charge in [0.25, 0.3) is 0 Å². The predicted molar refractivity (Wildman–Crippen MR) is 76.0 cm³/mol. The van der Waals surface area contributed by atoms with Crippen molar-refractivity contribution < 1.29 is 4.74 Å². The number of benzene rings is 1. The Bertz CT molecular complexity index is 721. The van der Waals surface area contributed by atoms with E-state index < -0.39 is 0 Å². The Hall–Kier alpha value is -2.00. The minimum Gasteiger partial charge on any atom is -0.496 e. The highest BCUT2D eigenvalue weighted by atomic mass is 35.5. The Morgan fingerprint density at radius 3 is 2.79 bits per heavy atom. The molecular formula is C15H13ClN2O. The molecule has 3 nitrogen and oxygen atoms in total. The van der Waals surface area contributed by atoms with Gasteiger partial charge in [0, 0.05) is 18.2 Å². The van der Waals surface area contributed by atoms with Crippen molar-refractivity contribution in [3.05, 3.63) is 65.1 Å². The zero-order chi connectivity index (χ0) is 13.2. The van der Waals surface area contributed by atoms with Gasteiger partial charge in [-0.25, -0.2) is 4.98 Å². The monoisotopic (exact) mass is 272 g/mol. The molecule has 2 heterocycles. The Labute approximate surface area is 116 Å². The number of rotatable bonds is 3. The first kappa shape index (κ1) is 12.1. The van der Waals surface area contributed by atoms with Gasteiger partial charge in [-0.05, 0) is 18.2 Å². The summed E-state index contributed by atoms with van der Waals surface area (Å²) in [6, 6.07) is 13.7. The third kappa shape index (κ3) is 2.29. The van der Waals surface area contributed by atoms with Crippen molar-refractivity contribution in [2.75, 3.05) is 7.11 Å². The lowest BCUT2D eigenvalue weighted by Crippen LogP contribution is -1.93. The van der Waals surface area contributed by atoms with E-state index in [1.807, 2.05) is 53.1 Å². The molecular weight excluding hydrogens is 260 g/mol. The van der Waals surface area contributed by atoms with Crippen molar-refractivity contribution >= 4 is 17.2 Å². The first-order valence-electron chi connectivity index (χ1n) is 6.02. The minimum absolute atomic E-state index is 0.663. The molecule has 0 aliphatic rings. The number of aromatic nitrogens is 2. The van der Waals surface area contributed by atoms with Crippen molar-refractivity contribution in [1.82, 2.24) is 9.38 Å². The number of nitrogens with zero attached hydrogens (tertiary/aromatic N) is 2. The number of ether oxygens (including phenoxy) is 1. The number of pyridine rings is 1. The highest BCUT2D eigenvalue weighted by Gasteiger charge is 2.07. The minimum atomic E-state index is 0.663. The van der Waals surface area contributed by atoms with Gasteiger partial charge in [0.05, 0.1) is 12.8 Å². The fourth-order valence-electron chi connectivity index (χ4n) is 2.16. The molecule has 96 valence electrons. The van der Waals surface area contributed by atoms with Crippen molar-refractivity contribution in [2.24, 2.45) is 0 Å². The van der Waals surface area contributed by atoms with E-state index in [-0.39, 0.29) is 0 Å². The summed E-state index contributed by atoms with van der Waals surface area (Å²) < 4.78 is 7.24. The molecule has 0 aliphatic heterocycles. The summed E-state index contributed by atoms with van der Waals surface area (Å²) in [5.41, 5.74) is 2.94. The molecule has 0 N–H and O–H groups in total. The van der Waals surface area contributed by atoms with Gasteiger partial charge in [-0.3, -0.25) is 4.40 Å². The highest BCUT2D eigenvalue weighted by molar-refractivity contribution is 6.29. The van der Waals surface area contributed by atoms with Crippen LogP contribution in [-0.4, -0.2) is 16.5 Å². The summed E-state index contributed by atoms with van der Waals surface area (Å²) in [6.07, 6.45) is 2.69. The first-order valence-corrected chi connectivity index (χ1v) is 6.40. The van der Waals surface area contributed by atoms with E-state index in [1.54, 1.807) is 7.11 Å². The molecule has 0 amide bonds. The summed E-state index contributed by atoms with van der Waals surface area (Å²) in [5, 5.41) is 0.663. The van der Waals surface area contributed by atoms with E-state index in [0.717, 1.165) is 29.1 Å². The second-order valence-corrected chi connectivity index (χ2v) is 4.68. The van der Waals surface area contributed by atoms with Crippen LogP contribution in [0.5, 0.6) is 5.75 Å². The van der Waals surface area contributed by atoms with Crippen LogP contribution in [-0.2, 0) is 6.42 Å². The number of para-hydroxylation sites is 1. The molecule has 0 bridgehead atoms. The summed E-state index contributed by atoms with van der Waals surface area (Å²) in [7, 11) is 1.68. The Balaban J connectivity index is 1.99. The number of imidazole rings is 1. The molecule has 0 fully saturated rings. The zero-order valence-electron chi connectivity index (χ0n) is 10.5.